The summed E-state index contributed by atoms with van der Waals surface area (Å²) in [6.45, 7) is 8.08. The van der Waals surface area contributed by atoms with Crippen LogP contribution >= 0.6 is 0 Å². The summed E-state index contributed by atoms with van der Waals surface area (Å²) in [4.78, 5) is 12.5. The van der Waals surface area contributed by atoms with Gasteiger partial charge in [-0.1, -0.05) is 32.4 Å². The van der Waals surface area contributed by atoms with E-state index in [0.29, 0.717) is 17.4 Å². The van der Waals surface area contributed by atoms with Crippen LogP contribution in [0.2, 0.25) is 0 Å². The van der Waals surface area contributed by atoms with Crippen LogP contribution in [0.25, 0.3) is 0 Å². The molecule has 0 bridgehead atoms. The highest BCUT2D eigenvalue weighted by atomic mass is 32.2. The first kappa shape index (κ1) is 19.9. The Morgan fingerprint density at radius 1 is 1.16 bits per heavy atom. The number of hydrogen-bond donors (Lipinski definition) is 2. The van der Waals surface area contributed by atoms with E-state index in [0.717, 1.165) is 18.4 Å². The fraction of sp³-hybridized carbons (Fsp3) is 0.632. The lowest BCUT2D eigenvalue weighted by Crippen LogP contribution is -2.46. The first-order valence-electron chi connectivity index (χ1n) is 9.07. The summed E-state index contributed by atoms with van der Waals surface area (Å²) in [5.41, 5.74) is 1.59. The van der Waals surface area contributed by atoms with Crippen molar-refractivity contribution in [2.24, 2.45) is 11.8 Å². The number of carbonyl (C=O) groups excluding carboxylic acids is 1. The Balaban J connectivity index is 1.89. The SMILES string of the molecule is Cc1ccc(C)c(S(=O)(=O)NCCC(=O)NC2C(C)CCCC2C)c1. The zero-order valence-corrected chi connectivity index (χ0v) is 16.4. The van der Waals surface area contributed by atoms with E-state index in [4.69, 9.17) is 0 Å². The van der Waals surface area contributed by atoms with Gasteiger partial charge in [0.2, 0.25) is 15.9 Å². The van der Waals surface area contributed by atoms with Crippen molar-refractivity contribution in [2.45, 2.75) is 64.3 Å². The number of nitrogens with one attached hydrogen (secondary N) is 2. The predicted molar refractivity (Wildman–Crippen MR) is 99.8 cm³/mol. The molecular weight excluding hydrogens is 336 g/mol. The van der Waals surface area contributed by atoms with Gasteiger partial charge < -0.3 is 5.32 Å². The fourth-order valence-electron chi connectivity index (χ4n) is 3.60. The summed E-state index contributed by atoms with van der Waals surface area (Å²) in [6.07, 6.45) is 3.63. The van der Waals surface area contributed by atoms with Gasteiger partial charge in [-0.3, -0.25) is 4.79 Å². The van der Waals surface area contributed by atoms with Gasteiger partial charge in [0, 0.05) is 19.0 Å². The van der Waals surface area contributed by atoms with Crippen molar-refractivity contribution in [2.75, 3.05) is 6.54 Å². The summed E-state index contributed by atoms with van der Waals surface area (Å²) in [5.74, 6) is 0.855. The Morgan fingerprint density at radius 2 is 1.80 bits per heavy atom. The predicted octanol–water partition coefficient (Wildman–Crippen LogP) is 2.91. The Morgan fingerprint density at radius 3 is 2.44 bits per heavy atom. The van der Waals surface area contributed by atoms with E-state index in [1.165, 1.54) is 6.42 Å². The lowest BCUT2D eigenvalue weighted by molar-refractivity contribution is -0.122. The van der Waals surface area contributed by atoms with E-state index in [-0.39, 0.29) is 29.8 Å². The molecule has 1 saturated carbocycles. The lowest BCUT2D eigenvalue weighted by atomic mass is 9.78. The van der Waals surface area contributed by atoms with Crippen LogP contribution in [0, 0.1) is 25.7 Å². The minimum absolute atomic E-state index is 0.0886. The van der Waals surface area contributed by atoms with Gasteiger partial charge in [-0.15, -0.1) is 0 Å². The summed E-state index contributed by atoms with van der Waals surface area (Å²) in [6, 6.07) is 5.52. The average Bonchev–Trinajstić information content (AvgIpc) is 2.53. The quantitative estimate of drug-likeness (QED) is 0.813. The maximum absolute atomic E-state index is 12.4. The van der Waals surface area contributed by atoms with Crippen molar-refractivity contribution >= 4 is 15.9 Å². The van der Waals surface area contributed by atoms with Crippen molar-refractivity contribution in [1.29, 1.82) is 0 Å². The van der Waals surface area contributed by atoms with E-state index in [1.54, 1.807) is 19.1 Å². The van der Waals surface area contributed by atoms with Gasteiger partial charge in [0.05, 0.1) is 4.90 Å². The second kappa shape index (κ2) is 8.32. The number of amides is 1. The van der Waals surface area contributed by atoms with Crippen LogP contribution in [0.1, 0.15) is 50.7 Å². The molecule has 1 aliphatic rings. The Hall–Kier alpha value is -1.40. The Kier molecular flexibility index (Phi) is 6.63. The molecule has 0 spiro atoms. The molecule has 6 heteroatoms. The molecule has 1 aromatic rings. The Labute approximate surface area is 151 Å². The second-order valence-electron chi connectivity index (χ2n) is 7.40. The largest absolute Gasteiger partial charge is 0.353 e. The van der Waals surface area contributed by atoms with E-state index in [9.17, 15) is 13.2 Å². The third kappa shape index (κ3) is 5.28. The number of carbonyl (C=O) groups is 1. The molecule has 25 heavy (non-hydrogen) atoms. The van der Waals surface area contributed by atoms with Crippen molar-refractivity contribution in [3.05, 3.63) is 29.3 Å². The molecule has 0 aliphatic heterocycles. The van der Waals surface area contributed by atoms with Gasteiger partial charge in [0.25, 0.3) is 0 Å². The topological polar surface area (TPSA) is 75.3 Å². The molecule has 2 N–H and O–H groups in total. The highest BCUT2D eigenvalue weighted by Crippen LogP contribution is 2.28. The van der Waals surface area contributed by atoms with Crippen molar-refractivity contribution in [3.8, 4) is 0 Å². The number of rotatable bonds is 6. The molecule has 1 aliphatic carbocycles. The summed E-state index contributed by atoms with van der Waals surface area (Å²) >= 11 is 0. The van der Waals surface area contributed by atoms with Crippen LogP contribution in [-0.2, 0) is 14.8 Å². The van der Waals surface area contributed by atoms with E-state index < -0.39 is 10.0 Å². The van der Waals surface area contributed by atoms with Crippen LogP contribution in [0.4, 0.5) is 0 Å². The maximum atomic E-state index is 12.4. The van der Waals surface area contributed by atoms with E-state index >= 15 is 0 Å². The minimum atomic E-state index is -3.59. The molecule has 0 radical (unpaired) electrons. The third-order valence-electron chi connectivity index (χ3n) is 5.15. The maximum Gasteiger partial charge on any atom is 0.240 e. The first-order valence-corrected chi connectivity index (χ1v) is 10.6. The summed E-state index contributed by atoms with van der Waals surface area (Å²) in [5, 5.41) is 3.09. The van der Waals surface area contributed by atoms with Crippen molar-refractivity contribution in [1.82, 2.24) is 10.0 Å². The molecule has 1 amide bonds. The van der Waals surface area contributed by atoms with Gasteiger partial charge in [0.1, 0.15) is 0 Å². The van der Waals surface area contributed by atoms with Gasteiger partial charge in [-0.25, -0.2) is 13.1 Å². The van der Waals surface area contributed by atoms with Crippen LogP contribution in [0.5, 0.6) is 0 Å². The van der Waals surface area contributed by atoms with Crippen LogP contribution in [-0.4, -0.2) is 26.9 Å². The standard InChI is InChI=1S/C19H30N2O3S/c1-13-8-9-14(2)17(12-13)25(23,24)20-11-10-18(22)21-19-15(3)6-5-7-16(19)4/h8-9,12,15-16,19-20H,5-7,10-11H2,1-4H3,(H,21,22). The normalized spacial score (nSPS) is 24.1. The second-order valence-corrected chi connectivity index (χ2v) is 9.13. The molecule has 5 nitrogen and oxygen atoms in total. The lowest BCUT2D eigenvalue weighted by Gasteiger charge is -2.35. The van der Waals surface area contributed by atoms with E-state index in [1.807, 2.05) is 13.0 Å². The number of aryl methyl sites for hydroxylation is 2. The molecule has 140 valence electrons. The molecule has 0 aromatic heterocycles. The van der Waals surface area contributed by atoms with Gasteiger partial charge in [-0.2, -0.15) is 0 Å². The number of benzene rings is 1. The molecule has 1 fully saturated rings. The van der Waals surface area contributed by atoms with Crippen LogP contribution in [0.15, 0.2) is 23.1 Å². The molecule has 1 aromatic carbocycles. The summed E-state index contributed by atoms with van der Waals surface area (Å²) < 4.78 is 27.4. The summed E-state index contributed by atoms with van der Waals surface area (Å²) in [7, 11) is -3.59. The highest BCUT2D eigenvalue weighted by molar-refractivity contribution is 7.89. The smallest absolute Gasteiger partial charge is 0.240 e. The zero-order chi connectivity index (χ0) is 18.6. The zero-order valence-electron chi connectivity index (χ0n) is 15.6. The molecular formula is C19H30N2O3S. The van der Waals surface area contributed by atoms with Crippen molar-refractivity contribution in [3.63, 3.8) is 0 Å². The van der Waals surface area contributed by atoms with Gasteiger partial charge in [-0.05, 0) is 55.7 Å². The molecule has 2 rings (SSSR count). The number of sulfonamides is 1. The average molecular weight is 367 g/mol. The van der Waals surface area contributed by atoms with E-state index in [2.05, 4.69) is 23.9 Å². The minimum Gasteiger partial charge on any atom is -0.353 e. The fourth-order valence-corrected chi connectivity index (χ4v) is 4.96. The Bertz CT molecular complexity index is 705. The van der Waals surface area contributed by atoms with Gasteiger partial charge in [0.15, 0.2) is 0 Å². The molecule has 0 saturated heterocycles. The monoisotopic (exact) mass is 366 g/mol. The third-order valence-corrected chi connectivity index (χ3v) is 6.75. The van der Waals surface area contributed by atoms with Crippen LogP contribution < -0.4 is 10.0 Å². The highest BCUT2D eigenvalue weighted by Gasteiger charge is 2.28. The molecule has 0 heterocycles. The first-order chi connectivity index (χ1) is 11.7. The number of hydrogen-bond acceptors (Lipinski definition) is 3. The van der Waals surface area contributed by atoms with Crippen LogP contribution in [0.3, 0.4) is 0 Å². The molecule has 2 atom stereocenters. The van der Waals surface area contributed by atoms with Crippen molar-refractivity contribution < 1.29 is 13.2 Å². The van der Waals surface area contributed by atoms with Gasteiger partial charge >= 0.3 is 0 Å². The molecule has 2 unspecified atom stereocenters.